The van der Waals surface area contributed by atoms with Crippen LogP contribution in [0.2, 0.25) is 0 Å². The van der Waals surface area contributed by atoms with Gasteiger partial charge in [0.2, 0.25) is 0 Å². The average Bonchev–Trinajstić information content (AvgIpc) is 2.58. The predicted molar refractivity (Wildman–Crippen MR) is 74.7 cm³/mol. The van der Waals surface area contributed by atoms with Crippen LogP contribution in [-0.4, -0.2) is 19.7 Å². The number of rotatable bonds is 3. The van der Waals surface area contributed by atoms with Gasteiger partial charge in [-0.1, -0.05) is 18.2 Å². The summed E-state index contributed by atoms with van der Waals surface area (Å²) in [5.41, 5.74) is 7.59. The minimum absolute atomic E-state index is 0.126. The molecule has 102 valence electrons. The molecule has 5 nitrogen and oxygen atoms in total. The third-order valence-corrected chi connectivity index (χ3v) is 3.00. The fourth-order valence-corrected chi connectivity index (χ4v) is 2.18. The summed E-state index contributed by atoms with van der Waals surface area (Å²) in [5, 5.41) is 9.32. The summed E-state index contributed by atoms with van der Waals surface area (Å²) in [4.78, 5) is 11.9. The molecule has 0 aromatic carbocycles. The first-order chi connectivity index (χ1) is 9.65. The van der Waals surface area contributed by atoms with Crippen molar-refractivity contribution in [3.05, 3.63) is 35.4 Å². The summed E-state index contributed by atoms with van der Waals surface area (Å²) < 4.78 is 10.3. The minimum Gasteiger partial charge on any atom is -0.493 e. The molecule has 5 heteroatoms. The van der Waals surface area contributed by atoms with Crippen LogP contribution >= 0.6 is 0 Å². The highest BCUT2D eigenvalue weighted by atomic mass is 16.5. The van der Waals surface area contributed by atoms with E-state index in [0.717, 1.165) is 0 Å². The Morgan fingerprint density at radius 3 is 2.70 bits per heavy atom. The number of nitriles is 1. The van der Waals surface area contributed by atoms with Gasteiger partial charge in [0.25, 0.3) is 0 Å². The van der Waals surface area contributed by atoms with Crippen LogP contribution in [0.3, 0.4) is 0 Å². The smallest absolute Gasteiger partial charge is 0.340 e. The first-order valence-electron chi connectivity index (χ1n) is 6.11. The molecular weight excluding hydrogens is 256 g/mol. The van der Waals surface area contributed by atoms with Crippen molar-refractivity contribution in [2.45, 2.75) is 6.92 Å². The average molecular weight is 270 g/mol. The Morgan fingerprint density at radius 2 is 2.10 bits per heavy atom. The first kappa shape index (κ1) is 13.7. The third-order valence-electron chi connectivity index (χ3n) is 3.00. The van der Waals surface area contributed by atoms with Crippen LogP contribution in [0.4, 0.5) is 5.69 Å². The van der Waals surface area contributed by atoms with Crippen molar-refractivity contribution in [3.63, 3.8) is 0 Å². The molecule has 0 spiro atoms. The summed E-state index contributed by atoms with van der Waals surface area (Å²) in [7, 11) is 1.28. The lowest BCUT2D eigenvalue weighted by molar-refractivity contribution is 0.0603. The van der Waals surface area contributed by atoms with Gasteiger partial charge in [-0.25, -0.2) is 4.79 Å². The molecular formula is C15H14N2O3. The second-order valence-electron chi connectivity index (χ2n) is 4.07. The van der Waals surface area contributed by atoms with Crippen molar-refractivity contribution in [2.24, 2.45) is 0 Å². The van der Waals surface area contributed by atoms with Gasteiger partial charge in [0.1, 0.15) is 11.8 Å². The SMILES string of the molecule is CCOc1ccccc2c(C(=O)OC)c(N)c(C#N)c1-2. The number of ether oxygens (including phenoxy) is 2. The maximum Gasteiger partial charge on any atom is 0.340 e. The molecule has 0 fully saturated rings. The van der Waals surface area contributed by atoms with Gasteiger partial charge < -0.3 is 15.2 Å². The van der Waals surface area contributed by atoms with E-state index < -0.39 is 5.97 Å². The Balaban J connectivity index is 2.85. The molecule has 2 aliphatic carbocycles. The summed E-state index contributed by atoms with van der Waals surface area (Å²) >= 11 is 0. The number of nitrogens with two attached hydrogens (primary N) is 1. The highest BCUT2D eigenvalue weighted by molar-refractivity contribution is 6.08. The molecule has 20 heavy (non-hydrogen) atoms. The largest absolute Gasteiger partial charge is 0.493 e. The van der Waals surface area contributed by atoms with Crippen molar-refractivity contribution in [1.82, 2.24) is 0 Å². The third kappa shape index (κ3) is 2.01. The van der Waals surface area contributed by atoms with Crippen molar-refractivity contribution in [2.75, 3.05) is 19.5 Å². The van der Waals surface area contributed by atoms with E-state index in [1.54, 1.807) is 24.3 Å². The fraction of sp³-hybridized carbons (Fsp3) is 0.200. The Kier molecular flexibility index (Phi) is 3.76. The maximum absolute atomic E-state index is 11.9. The molecule has 0 aromatic rings. The number of nitrogen functional groups attached to an aromatic ring is 1. The van der Waals surface area contributed by atoms with Crippen molar-refractivity contribution < 1.29 is 14.3 Å². The Hall–Kier alpha value is -2.74. The van der Waals surface area contributed by atoms with Gasteiger partial charge >= 0.3 is 5.97 Å². The molecule has 0 radical (unpaired) electrons. The molecule has 0 amide bonds. The van der Waals surface area contributed by atoms with Gasteiger partial charge in [-0.15, -0.1) is 0 Å². The van der Waals surface area contributed by atoms with Crippen molar-refractivity contribution >= 4 is 11.7 Å². The Morgan fingerprint density at radius 1 is 1.40 bits per heavy atom. The first-order valence-corrected chi connectivity index (χ1v) is 6.11. The molecule has 0 aliphatic heterocycles. The van der Waals surface area contributed by atoms with Crippen LogP contribution < -0.4 is 10.5 Å². The van der Waals surface area contributed by atoms with E-state index in [-0.39, 0.29) is 16.8 Å². The van der Waals surface area contributed by atoms with Crippen molar-refractivity contribution in [1.29, 1.82) is 5.26 Å². The van der Waals surface area contributed by atoms with E-state index in [1.807, 2.05) is 13.0 Å². The lowest BCUT2D eigenvalue weighted by Crippen LogP contribution is -2.04. The summed E-state index contributed by atoms with van der Waals surface area (Å²) in [5.74, 6) is -0.0476. The van der Waals surface area contributed by atoms with Gasteiger partial charge in [-0.2, -0.15) is 5.26 Å². The second-order valence-corrected chi connectivity index (χ2v) is 4.07. The van der Waals surface area contributed by atoms with Gasteiger partial charge in [0, 0.05) is 11.1 Å². The molecule has 2 rings (SSSR count). The Labute approximate surface area is 116 Å². The molecule has 0 bridgehead atoms. The molecule has 0 aromatic heterocycles. The van der Waals surface area contributed by atoms with E-state index in [0.29, 0.717) is 23.5 Å². The number of fused-ring (bicyclic) bond motifs is 1. The molecule has 0 heterocycles. The van der Waals surface area contributed by atoms with Crippen LogP contribution in [0.15, 0.2) is 24.3 Å². The quantitative estimate of drug-likeness (QED) is 0.866. The number of nitrogens with zero attached hydrogens (tertiary/aromatic N) is 1. The van der Waals surface area contributed by atoms with E-state index >= 15 is 0 Å². The number of methoxy groups -OCH3 is 1. The summed E-state index contributed by atoms with van der Waals surface area (Å²) in [6, 6.07) is 9.05. The summed E-state index contributed by atoms with van der Waals surface area (Å²) in [6.45, 7) is 2.29. The van der Waals surface area contributed by atoms with Crippen LogP contribution in [0, 0.1) is 11.3 Å². The van der Waals surface area contributed by atoms with Gasteiger partial charge in [-0.3, -0.25) is 0 Å². The Bertz CT molecular complexity index is 674. The molecule has 2 N–H and O–H groups in total. The van der Waals surface area contributed by atoms with Gasteiger partial charge in [0.05, 0.1) is 30.5 Å². The second kappa shape index (κ2) is 5.49. The van der Waals surface area contributed by atoms with Crippen LogP contribution in [0.5, 0.6) is 5.75 Å². The van der Waals surface area contributed by atoms with Crippen LogP contribution in [-0.2, 0) is 4.74 Å². The molecule has 2 aliphatic rings. The lowest BCUT2D eigenvalue weighted by Gasteiger charge is -2.06. The normalized spacial score (nSPS) is 10.1. The van der Waals surface area contributed by atoms with Gasteiger partial charge in [-0.05, 0) is 13.0 Å². The number of carbonyl (C=O) groups is 1. The van der Waals surface area contributed by atoms with E-state index in [4.69, 9.17) is 15.2 Å². The fourth-order valence-electron chi connectivity index (χ4n) is 2.18. The number of carbonyl (C=O) groups excluding carboxylic acids is 1. The van der Waals surface area contributed by atoms with Crippen molar-refractivity contribution in [3.8, 4) is 22.9 Å². The number of hydrogen-bond acceptors (Lipinski definition) is 5. The van der Waals surface area contributed by atoms with Gasteiger partial charge in [0.15, 0.2) is 0 Å². The minimum atomic E-state index is -0.567. The van der Waals surface area contributed by atoms with E-state index in [9.17, 15) is 10.1 Å². The van der Waals surface area contributed by atoms with E-state index in [2.05, 4.69) is 0 Å². The standard InChI is InChI=1S/C15H14N2O3/c1-3-20-11-7-5-4-6-9-12(11)10(8-16)14(17)13(9)15(18)19-2/h4-7H,3,17H2,1-2H3. The number of hydrogen-bond donors (Lipinski definition) is 1. The lowest BCUT2D eigenvalue weighted by atomic mass is 10.1. The van der Waals surface area contributed by atoms with Crippen LogP contribution in [0.25, 0.3) is 11.1 Å². The van der Waals surface area contributed by atoms with E-state index in [1.165, 1.54) is 7.11 Å². The maximum atomic E-state index is 11.9. The topological polar surface area (TPSA) is 85.3 Å². The zero-order valence-electron chi connectivity index (χ0n) is 11.3. The monoisotopic (exact) mass is 270 g/mol. The molecule has 0 unspecified atom stereocenters. The highest BCUT2D eigenvalue weighted by Gasteiger charge is 2.28. The predicted octanol–water partition coefficient (Wildman–Crippen LogP) is 2.43. The molecule has 0 saturated heterocycles. The zero-order valence-corrected chi connectivity index (χ0v) is 11.3. The van der Waals surface area contributed by atoms with Crippen LogP contribution in [0.1, 0.15) is 22.8 Å². The number of esters is 1. The highest BCUT2D eigenvalue weighted by Crippen LogP contribution is 2.43. The molecule has 0 atom stereocenters. The molecule has 0 saturated carbocycles. The number of anilines is 1. The zero-order chi connectivity index (χ0) is 14.7. The summed E-state index contributed by atoms with van der Waals surface area (Å²) in [6.07, 6.45) is 0.